The molecule has 0 bridgehead atoms. The Morgan fingerprint density at radius 3 is 2.38 bits per heavy atom. The number of ether oxygens (including phenoxy) is 1. The maximum atomic E-state index is 11.6. The summed E-state index contributed by atoms with van der Waals surface area (Å²) in [7, 11) is 0. The molecule has 21 heavy (non-hydrogen) atoms. The van der Waals surface area contributed by atoms with Crippen molar-refractivity contribution in [2.75, 3.05) is 6.61 Å². The van der Waals surface area contributed by atoms with Crippen LogP contribution in [0.5, 0.6) is 0 Å². The average Bonchev–Trinajstić information content (AvgIpc) is 2.50. The maximum Gasteiger partial charge on any atom is 0.338 e. The van der Waals surface area contributed by atoms with Gasteiger partial charge in [0, 0.05) is 14.3 Å². The van der Waals surface area contributed by atoms with E-state index in [0.717, 1.165) is 15.8 Å². The predicted molar refractivity (Wildman–Crippen MR) is 90.0 cm³/mol. The molecule has 0 saturated carbocycles. The molecule has 0 aliphatic carbocycles. The highest BCUT2D eigenvalue weighted by molar-refractivity contribution is 9.10. The lowest BCUT2D eigenvalue weighted by Crippen LogP contribution is -2.03. The lowest BCUT2D eigenvalue weighted by Gasteiger charge is -2.07. The van der Waals surface area contributed by atoms with Gasteiger partial charge in [0.05, 0.1) is 12.2 Å². The Kier molecular flexibility index (Phi) is 5.88. The Balaban J connectivity index is 2.11. The zero-order valence-electron chi connectivity index (χ0n) is 12.1. The summed E-state index contributed by atoms with van der Waals surface area (Å²) < 4.78 is 6.12. The number of carbonyl (C=O) groups is 1. The molecule has 0 amide bonds. The van der Waals surface area contributed by atoms with Crippen molar-refractivity contribution in [3.63, 3.8) is 0 Å². The van der Waals surface area contributed by atoms with E-state index < -0.39 is 0 Å². The summed E-state index contributed by atoms with van der Waals surface area (Å²) in [4.78, 5) is 13.9. The highest BCUT2D eigenvalue weighted by Gasteiger charge is 2.07. The minimum atomic E-state index is -0.272. The molecule has 0 aliphatic rings. The van der Waals surface area contributed by atoms with Crippen molar-refractivity contribution >= 4 is 33.7 Å². The second-order valence-electron chi connectivity index (χ2n) is 4.45. The van der Waals surface area contributed by atoms with Crippen LogP contribution in [-0.4, -0.2) is 12.6 Å². The van der Waals surface area contributed by atoms with Crippen LogP contribution >= 0.6 is 27.7 Å². The molecule has 0 heterocycles. The third kappa shape index (κ3) is 4.35. The standard InChI is InChI=1S/C17H17BrO2S/c1-3-12-11-15(9-10-16(12)18)21-14-7-5-13(6-8-14)17(19)20-4-2/h5-11H,3-4H2,1-2H3. The second-order valence-corrected chi connectivity index (χ2v) is 6.45. The fraction of sp³-hybridized carbons (Fsp3) is 0.235. The van der Waals surface area contributed by atoms with Gasteiger partial charge < -0.3 is 4.74 Å². The Hall–Kier alpha value is -1.26. The van der Waals surface area contributed by atoms with Gasteiger partial charge in [0.15, 0.2) is 0 Å². The van der Waals surface area contributed by atoms with Crippen LogP contribution in [0, 0.1) is 0 Å². The van der Waals surface area contributed by atoms with Crippen LogP contribution in [-0.2, 0) is 11.2 Å². The first-order valence-electron chi connectivity index (χ1n) is 6.87. The predicted octanol–water partition coefficient (Wildman–Crippen LogP) is 5.34. The van der Waals surface area contributed by atoms with Gasteiger partial charge in [-0.25, -0.2) is 4.79 Å². The van der Waals surface area contributed by atoms with Crippen LogP contribution in [0.3, 0.4) is 0 Å². The molecule has 110 valence electrons. The monoisotopic (exact) mass is 364 g/mol. The summed E-state index contributed by atoms with van der Waals surface area (Å²) in [5.74, 6) is -0.272. The molecule has 4 heteroatoms. The molecule has 0 aliphatic heterocycles. The van der Waals surface area contributed by atoms with Gasteiger partial charge in [0.2, 0.25) is 0 Å². The van der Waals surface area contributed by atoms with E-state index in [2.05, 4.69) is 41.1 Å². The van der Waals surface area contributed by atoms with Crippen molar-refractivity contribution in [2.24, 2.45) is 0 Å². The first-order chi connectivity index (χ1) is 10.1. The third-order valence-electron chi connectivity index (χ3n) is 3.00. The van der Waals surface area contributed by atoms with Crippen LogP contribution in [0.1, 0.15) is 29.8 Å². The van der Waals surface area contributed by atoms with Crippen LogP contribution in [0.15, 0.2) is 56.7 Å². The van der Waals surface area contributed by atoms with Gasteiger partial charge in [-0.3, -0.25) is 0 Å². The molecule has 2 aromatic carbocycles. The van der Waals surface area contributed by atoms with Gasteiger partial charge >= 0.3 is 5.97 Å². The summed E-state index contributed by atoms with van der Waals surface area (Å²) in [6, 6.07) is 13.9. The molecule has 0 atom stereocenters. The van der Waals surface area contributed by atoms with E-state index in [1.807, 2.05) is 12.1 Å². The SMILES string of the molecule is CCOC(=O)c1ccc(Sc2ccc(Br)c(CC)c2)cc1. The fourth-order valence-electron chi connectivity index (χ4n) is 1.90. The van der Waals surface area contributed by atoms with E-state index in [1.54, 1.807) is 30.8 Å². The summed E-state index contributed by atoms with van der Waals surface area (Å²) in [5, 5.41) is 0. The highest BCUT2D eigenvalue weighted by atomic mass is 79.9. The number of carbonyl (C=O) groups excluding carboxylic acids is 1. The molecule has 0 radical (unpaired) electrons. The van der Waals surface area contributed by atoms with E-state index >= 15 is 0 Å². The Bertz CT molecular complexity index is 623. The molecular formula is C17H17BrO2S. The number of esters is 1. The zero-order valence-corrected chi connectivity index (χ0v) is 14.5. The topological polar surface area (TPSA) is 26.3 Å². The van der Waals surface area contributed by atoms with Crippen molar-refractivity contribution < 1.29 is 9.53 Å². The normalized spacial score (nSPS) is 10.4. The highest BCUT2D eigenvalue weighted by Crippen LogP contribution is 2.31. The summed E-state index contributed by atoms with van der Waals surface area (Å²) >= 11 is 5.24. The first kappa shape index (κ1) is 16.1. The second kappa shape index (κ2) is 7.66. The fourth-order valence-corrected chi connectivity index (χ4v) is 3.30. The van der Waals surface area contributed by atoms with E-state index in [-0.39, 0.29) is 5.97 Å². The lowest BCUT2D eigenvalue weighted by atomic mass is 10.2. The largest absolute Gasteiger partial charge is 0.462 e. The molecule has 0 spiro atoms. The number of rotatable bonds is 5. The lowest BCUT2D eigenvalue weighted by molar-refractivity contribution is 0.0526. The molecule has 0 fully saturated rings. The van der Waals surface area contributed by atoms with Gasteiger partial charge in [-0.05, 0) is 61.4 Å². The number of benzene rings is 2. The molecule has 2 nitrogen and oxygen atoms in total. The summed E-state index contributed by atoms with van der Waals surface area (Å²) in [5.41, 5.74) is 1.88. The smallest absolute Gasteiger partial charge is 0.338 e. The quantitative estimate of drug-likeness (QED) is 0.669. The Labute approximate surface area is 138 Å². The molecule has 0 unspecified atom stereocenters. The maximum absolute atomic E-state index is 11.6. The van der Waals surface area contributed by atoms with E-state index in [4.69, 9.17) is 4.74 Å². The van der Waals surface area contributed by atoms with E-state index in [9.17, 15) is 4.79 Å². The minimum absolute atomic E-state index is 0.272. The van der Waals surface area contributed by atoms with Gasteiger partial charge in [-0.2, -0.15) is 0 Å². The van der Waals surface area contributed by atoms with E-state index in [1.165, 1.54) is 10.5 Å². The molecule has 0 saturated heterocycles. The Morgan fingerprint density at radius 1 is 1.10 bits per heavy atom. The van der Waals surface area contributed by atoms with Crippen molar-refractivity contribution in [2.45, 2.75) is 30.1 Å². The van der Waals surface area contributed by atoms with E-state index in [0.29, 0.717) is 12.2 Å². The third-order valence-corrected chi connectivity index (χ3v) is 4.77. The van der Waals surface area contributed by atoms with Gasteiger partial charge in [0.25, 0.3) is 0 Å². The Morgan fingerprint density at radius 2 is 1.76 bits per heavy atom. The molecule has 0 N–H and O–H groups in total. The first-order valence-corrected chi connectivity index (χ1v) is 8.48. The summed E-state index contributed by atoms with van der Waals surface area (Å²) in [6.07, 6.45) is 0.997. The number of aryl methyl sites for hydroxylation is 1. The van der Waals surface area contributed by atoms with Crippen LogP contribution in [0.25, 0.3) is 0 Å². The van der Waals surface area contributed by atoms with Gasteiger partial charge in [0.1, 0.15) is 0 Å². The number of hydrogen-bond donors (Lipinski definition) is 0. The number of hydrogen-bond acceptors (Lipinski definition) is 3. The van der Waals surface area contributed by atoms with Gasteiger partial charge in [-0.15, -0.1) is 0 Å². The minimum Gasteiger partial charge on any atom is -0.462 e. The van der Waals surface area contributed by atoms with Crippen molar-refractivity contribution in [3.05, 3.63) is 58.1 Å². The molecule has 0 aromatic heterocycles. The van der Waals surface area contributed by atoms with Crippen LogP contribution in [0.2, 0.25) is 0 Å². The number of halogens is 1. The van der Waals surface area contributed by atoms with Crippen molar-refractivity contribution in [3.8, 4) is 0 Å². The zero-order chi connectivity index (χ0) is 15.2. The van der Waals surface area contributed by atoms with Crippen LogP contribution < -0.4 is 0 Å². The van der Waals surface area contributed by atoms with Gasteiger partial charge in [-0.1, -0.05) is 34.6 Å². The van der Waals surface area contributed by atoms with Crippen LogP contribution in [0.4, 0.5) is 0 Å². The average molecular weight is 365 g/mol. The van der Waals surface area contributed by atoms with Crippen molar-refractivity contribution in [1.82, 2.24) is 0 Å². The summed E-state index contributed by atoms with van der Waals surface area (Å²) in [6.45, 7) is 4.34. The van der Waals surface area contributed by atoms with Crippen molar-refractivity contribution in [1.29, 1.82) is 0 Å². The molecule has 2 aromatic rings. The molecular weight excluding hydrogens is 348 g/mol. The molecule has 2 rings (SSSR count).